The van der Waals surface area contributed by atoms with E-state index in [-0.39, 0.29) is 35.3 Å². The maximum absolute atomic E-state index is 12.9. The van der Waals surface area contributed by atoms with Crippen molar-refractivity contribution in [3.63, 3.8) is 0 Å². The first kappa shape index (κ1) is 25.5. The molecule has 1 N–H and O–H groups in total. The van der Waals surface area contributed by atoms with Gasteiger partial charge in [0.05, 0.1) is 25.0 Å². The minimum absolute atomic E-state index is 0.0589. The summed E-state index contributed by atoms with van der Waals surface area (Å²) >= 11 is 1.48. The lowest BCUT2D eigenvalue weighted by molar-refractivity contribution is -0.137. The molecule has 0 radical (unpaired) electrons. The van der Waals surface area contributed by atoms with Crippen molar-refractivity contribution in [2.24, 2.45) is 0 Å². The molecule has 184 valence electrons. The van der Waals surface area contributed by atoms with Gasteiger partial charge in [0.25, 0.3) is 0 Å². The third-order valence-electron chi connectivity index (χ3n) is 5.44. The van der Waals surface area contributed by atoms with Crippen LogP contribution in [0.2, 0.25) is 0 Å². The molecule has 3 amide bonds. The van der Waals surface area contributed by atoms with E-state index in [4.69, 9.17) is 9.47 Å². The van der Waals surface area contributed by atoms with Gasteiger partial charge in [0.15, 0.2) is 0 Å². The predicted molar refractivity (Wildman–Crippen MR) is 124 cm³/mol. The molecule has 1 fully saturated rings. The molecule has 1 aliphatic heterocycles. The first-order valence-electron chi connectivity index (χ1n) is 10.4. The Morgan fingerprint density at radius 3 is 2.41 bits per heavy atom. The Labute approximate surface area is 200 Å². The van der Waals surface area contributed by atoms with E-state index in [1.165, 1.54) is 28.8 Å². The van der Waals surface area contributed by atoms with E-state index in [0.29, 0.717) is 11.5 Å². The predicted octanol–water partition coefficient (Wildman–Crippen LogP) is 4.85. The second-order valence-corrected chi connectivity index (χ2v) is 9.12. The smallest absolute Gasteiger partial charge is 0.416 e. The van der Waals surface area contributed by atoms with Crippen molar-refractivity contribution >= 4 is 29.4 Å². The number of ether oxygens (including phenoxy) is 2. The number of carbonyl (C=O) groups is 2. The summed E-state index contributed by atoms with van der Waals surface area (Å²) in [6.07, 6.45) is -4.45. The molecule has 2 aromatic rings. The molecule has 1 saturated heterocycles. The summed E-state index contributed by atoms with van der Waals surface area (Å²) < 4.78 is 49.0. The van der Waals surface area contributed by atoms with Gasteiger partial charge in [0, 0.05) is 31.4 Å². The molecule has 2 aromatic carbocycles. The largest absolute Gasteiger partial charge is 0.497 e. The average molecular weight is 498 g/mol. The standard InChI is InChI=1S/C23H26F3N3O4S/c1-14-20(30)29(21(34-14)18-13-17(32-3)9-10-19(18)33-4)12-11-28(2)22(31)27-16-7-5-15(6-8-16)23(24,25)26/h5-10,13-14,21H,11-12H2,1-4H3,(H,27,31). The van der Waals surface area contributed by atoms with Gasteiger partial charge in [0.1, 0.15) is 16.9 Å². The van der Waals surface area contributed by atoms with Crippen LogP contribution in [0.5, 0.6) is 11.5 Å². The minimum atomic E-state index is -4.45. The molecule has 0 spiro atoms. The van der Waals surface area contributed by atoms with Gasteiger partial charge >= 0.3 is 12.2 Å². The van der Waals surface area contributed by atoms with Crippen LogP contribution in [-0.2, 0) is 11.0 Å². The zero-order valence-corrected chi connectivity index (χ0v) is 20.0. The monoisotopic (exact) mass is 497 g/mol. The third kappa shape index (κ3) is 5.69. The van der Waals surface area contributed by atoms with Crippen LogP contribution in [0.25, 0.3) is 0 Å². The molecule has 0 bridgehead atoms. The van der Waals surface area contributed by atoms with Gasteiger partial charge in [-0.15, -0.1) is 11.8 Å². The summed E-state index contributed by atoms with van der Waals surface area (Å²) in [4.78, 5) is 28.4. The number of hydrogen-bond acceptors (Lipinski definition) is 5. The van der Waals surface area contributed by atoms with Gasteiger partial charge in [-0.3, -0.25) is 4.79 Å². The lowest BCUT2D eigenvalue weighted by Gasteiger charge is -2.28. The highest BCUT2D eigenvalue weighted by Crippen LogP contribution is 2.46. The van der Waals surface area contributed by atoms with Crippen LogP contribution in [0.4, 0.5) is 23.7 Å². The Balaban J connectivity index is 1.68. The molecule has 1 heterocycles. The van der Waals surface area contributed by atoms with Crippen LogP contribution >= 0.6 is 11.8 Å². The second-order valence-electron chi connectivity index (χ2n) is 7.70. The van der Waals surface area contributed by atoms with Crippen molar-refractivity contribution in [2.45, 2.75) is 23.7 Å². The number of nitrogens with zero attached hydrogens (tertiary/aromatic N) is 2. The number of carbonyl (C=O) groups excluding carboxylic acids is 2. The molecule has 3 rings (SSSR count). The quantitative estimate of drug-likeness (QED) is 0.592. The minimum Gasteiger partial charge on any atom is -0.497 e. The molecular weight excluding hydrogens is 471 g/mol. The van der Waals surface area contributed by atoms with Crippen molar-refractivity contribution in [3.05, 3.63) is 53.6 Å². The first-order chi connectivity index (χ1) is 16.0. The number of benzene rings is 2. The van der Waals surface area contributed by atoms with E-state index in [1.807, 2.05) is 13.0 Å². The van der Waals surface area contributed by atoms with Crippen LogP contribution in [-0.4, -0.2) is 61.3 Å². The van der Waals surface area contributed by atoms with Gasteiger partial charge in [-0.25, -0.2) is 4.79 Å². The Morgan fingerprint density at radius 1 is 1.15 bits per heavy atom. The molecule has 34 heavy (non-hydrogen) atoms. The highest BCUT2D eigenvalue weighted by Gasteiger charge is 2.40. The molecule has 7 nitrogen and oxygen atoms in total. The van der Waals surface area contributed by atoms with E-state index < -0.39 is 17.8 Å². The van der Waals surface area contributed by atoms with Gasteiger partial charge < -0.3 is 24.6 Å². The summed E-state index contributed by atoms with van der Waals surface area (Å²) in [6.45, 7) is 2.31. The Bertz CT molecular complexity index is 1030. The molecule has 0 saturated carbocycles. The highest BCUT2D eigenvalue weighted by atomic mass is 32.2. The van der Waals surface area contributed by atoms with Crippen molar-refractivity contribution in [2.75, 3.05) is 39.7 Å². The SMILES string of the molecule is COc1ccc(OC)c(C2SC(C)C(=O)N2CCN(C)C(=O)Nc2ccc(C(F)(F)F)cc2)c1. The average Bonchev–Trinajstić information content (AvgIpc) is 3.10. The van der Waals surface area contributed by atoms with Crippen molar-refractivity contribution < 1.29 is 32.2 Å². The fourth-order valence-electron chi connectivity index (χ4n) is 3.50. The first-order valence-corrected chi connectivity index (χ1v) is 11.4. The normalized spacial score (nSPS) is 18.1. The van der Waals surface area contributed by atoms with E-state index in [0.717, 1.165) is 17.7 Å². The Kier molecular flexibility index (Phi) is 7.86. The number of amides is 3. The Hall–Kier alpha value is -3.08. The fraction of sp³-hybridized carbons (Fsp3) is 0.391. The Morgan fingerprint density at radius 2 is 1.82 bits per heavy atom. The maximum Gasteiger partial charge on any atom is 0.416 e. The molecule has 2 atom stereocenters. The van der Waals surface area contributed by atoms with E-state index >= 15 is 0 Å². The van der Waals surface area contributed by atoms with Crippen molar-refractivity contribution in [1.82, 2.24) is 9.80 Å². The summed E-state index contributed by atoms with van der Waals surface area (Å²) in [5, 5.41) is 1.97. The third-order valence-corrected chi connectivity index (χ3v) is 6.81. The van der Waals surface area contributed by atoms with Crippen LogP contribution in [0.15, 0.2) is 42.5 Å². The number of likely N-dealkylation sites (N-methyl/N-ethyl adjacent to an activating group) is 1. The maximum atomic E-state index is 12.9. The fourth-order valence-corrected chi connectivity index (χ4v) is 4.82. The van der Waals surface area contributed by atoms with Crippen molar-refractivity contribution in [1.29, 1.82) is 0 Å². The number of alkyl halides is 3. The van der Waals surface area contributed by atoms with Gasteiger partial charge in [0.2, 0.25) is 5.91 Å². The lowest BCUT2D eigenvalue weighted by atomic mass is 10.1. The lowest BCUT2D eigenvalue weighted by Crippen LogP contribution is -2.40. The van der Waals surface area contributed by atoms with Gasteiger partial charge in [-0.05, 0) is 49.4 Å². The number of urea groups is 1. The van der Waals surface area contributed by atoms with Crippen LogP contribution in [0.3, 0.4) is 0 Å². The number of rotatable bonds is 7. The number of thioether (sulfide) groups is 1. The number of methoxy groups -OCH3 is 2. The van der Waals surface area contributed by atoms with Crippen LogP contribution < -0.4 is 14.8 Å². The van der Waals surface area contributed by atoms with E-state index in [2.05, 4.69) is 5.32 Å². The van der Waals surface area contributed by atoms with Crippen LogP contribution in [0, 0.1) is 0 Å². The van der Waals surface area contributed by atoms with Gasteiger partial charge in [-0.1, -0.05) is 0 Å². The van der Waals surface area contributed by atoms with Gasteiger partial charge in [-0.2, -0.15) is 13.2 Å². The summed E-state index contributed by atoms with van der Waals surface area (Å²) in [6, 6.07) is 9.09. The van der Waals surface area contributed by atoms with E-state index in [9.17, 15) is 22.8 Å². The molecule has 0 aliphatic carbocycles. The second kappa shape index (κ2) is 10.5. The molecule has 11 heteroatoms. The van der Waals surface area contributed by atoms with E-state index in [1.54, 1.807) is 38.3 Å². The molecule has 0 aromatic heterocycles. The number of nitrogens with one attached hydrogen (secondary N) is 1. The molecule has 2 unspecified atom stereocenters. The molecular formula is C23H26F3N3O4S. The zero-order chi connectivity index (χ0) is 25.0. The number of hydrogen-bond donors (Lipinski definition) is 1. The highest BCUT2D eigenvalue weighted by molar-refractivity contribution is 8.01. The summed E-state index contributed by atoms with van der Waals surface area (Å²) in [7, 11) is 4.67. The van der Waals surface area contributed by atoms with Crippen LogP contribution in [0.1, 0.15) is 23.4 Å². The topological polar surface area (TPSA) is 71.1 Å². The molecule has 1 aliphatic rings. The summed E-state index contributed by atoms with van der Waals surface area (Å²) in [5.74, 6) is 1.20. The number of anilines is 1. The van der Waals surface area contributed by atoms with Crippen molar-refractivity contribution in [3.8, 4) is 11.5 Å². The summed E-state index contributed by atoms with van der Waals surface area (Å²) in [5.41, 5.74) is 0.240. The zero-order valence-electron chi connectivity index (χ0n) is 19.2. The number of halogens is 3.